The first kappa shape index (κ1) is 21.6. The van der Waals surface area contributed by atoms with Crippen LogP contribution in [0.3, 0.4) is 0 Å². The predicted octanol–water partition coefficient (Wildman–Crippen LogP) is 3.79. The molecule has 3 aromatic carbocycles. The van der Waals surface area contributed by atoms with Crippen LogP contribution in [0.1, 0.15) is 21.5 Å². The van der Waals surface area contributed by atoms with Crippen molar-refractivity contribution in [3.05, 3.63) is 89.5 Å². The zero-order valence-electron chi connectivity index (χ0n) is 17.3. The second-order valence-corrected chi connectivity index (χ2v) is 6.67. The molecule has 0 unspecified atom stereocenters. The first-order valence-electron chi connectivity index (χ1n) is 9.61. The third-order valence-electron chi connectivity index (χ3n) is 4.30. The van der Waals surface area contributed by atoms with E-state index in [1.54, 1.807) is 48.5 Å². The molecule has 0 heterocycles. The smallest absolute Gasteiger partial charge is 0.271 e. The molecule has 7 heteroatoms. The van der Waals surface area contributed by atoms with Crippen LogP contribution >= 0.6 is 0 Å². The predicted molar refractivity (Wildman–Crippen MR) is 120 cm³/mol. The van der Waals surface area contributed by atoms with Gasteiger partial charge in [0.05, 0.1) is 19.0 Å². The maximum atomic E-state index is 12.2. The zero-order chi connectivity index (χ0) is 22.1. The van der Waals surface area contributed by atoms with Crippen molar-refractivity contribution in [1.29, 1.82) is 0 Å². The minimum atomic E-state index is -0.311. The summed E-state index contributed by atoms with van der Waals surface area (Å²) in [5.74, 6) is 0.469. The largest absolute Gasteiger partial charge is 0.495 e. The quantitative estimate of drug-likeness (QED) is 0.431. The topological polar surface area (TPSA) is 89.0 Å². The van der Waals surface area contributed by atoms with Crippen LogP contribution in [-0.2, 0) is 4.79 Å². The Hall–Kier alpha value is -4.13. The highest BCUT2D eigenvalue weighted by Gasteiger charge is 2.08. The highest BCUT2D eigenvalue weighted by Crippen LogP contribution is 2.23. The van der Waals surface area contributed by atoms with E-state index in [-0.39, 0.29) is 18.4 Å². The van der Waals surface area contributed by atoms with E-state index in [9.17, 15) is 9.59 Å². The molecular formula is C24H23N3O4. The summed E-state index contributed by atoms with van der Waals surface area (Å²) in [7, 11) is 1.54. The fourth-order valence-corrected chi connectivity index (χ4v) is 2.70. The molecule has 0 fully saturated rings. The van der Waals surface area contributed by atoms with Gasteiger partial charge in [-0.3, -0.25) is 9.59 Å². The molecule has 0 aliphatic carbocycles. The lowest BCUT2D eigenvalue weighted by Crippen LogP contribution is -2.20. The molecule has 0 saturated carbocycles. The molecule has 158 valence electrons. The molecule has 0 aromatic heterocycles. The van der Waals surface area contributed by atoms with E-state index < -0.39 is 0 Å². The summed E-state index contributed by atoms with van der Waals surface area (Å²) in [5, 5.41) is 6.73. The fourth-order valence-electron chi connectivity index (χ4n) is 2.70. The summed E-state index contributed by atoms with van der Waals surface area (Å²) in [5.41, 5.74) is 5.38. The lowest BCUT2D eigenvalue weighted by Gasteiger charge is -2.10. The van der Waals surface area contributed by atoms with Crippen molar-refractivity contribution in [3.63, 3.8) is 0 Å². The van der Waals surface area contributed by atoms with E-state index in [0.29, 0.717) is 28.3 Å². The van der Waals surface area contributed by atoms with Gasteiger partial charge in [-0.1, -0.05) is 42.0 Å². The Labute approximate surface area is 180 Å². The number of benzene rings is 3. The van der Waals surface area contributed by atoms with Crippen molar-refractivity contribution in [3.8, 4) is 11.5 Å². The van der Waals surface area contributed by atoms with Crippen LogP contribution in [0.4, 0.5) is 5.69 Å². The maximum Gasteiger partial charge on any atom is 0.271 e. The van der Waals surface area contributed by atoms with Crippen molar-refractivity contribution in [2.24, 2.45) is 5.10 Å². The second kappa shape index (κ2) is 10.6. The van der Waals surface area contributed by atoms with Gasteiger partial charge in [-0.25, -0.2) is 5.43 Å². The lowest BCUT2D eigenvalue weighted by molar-refractivity contribution is -0.118. The van der Waals surface area contributed by atoms with Gasteiger partial charge in [-0.05, 0) is 48.9 Å². The molecule has 0 aliphatic rings. The first-order chi connectivity index (χ1) is 15.0. The Bertz CT molecular complexity index is 1080. The molecule has 2 amide bonds. The number of hydrazone groups is 1. The number of carbonyl (C=O) groups excluding carboxylic acids is 2. The SMILES string of the molecule is COc1ccccc1NC(=O)COc1cccc(/C=N/NC(=O)c2ccc(C)cc2)c1. The van der Waals surface area contributed by atoms with E-state index in [2.05, 4.69) is 15.8 Å². The molecule has 0 radical (unpaired) electrons. The minimum absolute atomic E-state index is 0.164. The van der Waals surface area contributed by atoms with Crippen molar-refractivity contribution in [2.75, 3.05) is 19.0 Å². The molecule has 3 aromatic rings. The summed E-state index contributed by atoms with van der Waals surface area (Å²) in [4.78, 5) is 24.3. The number of nitrogens with zero attached hydrogens (tertiary/aromatic N) is 1. The number of aryl methyl sites for hydroxylation is 1. The highest BCUT2D eigenvalue weighted by molar-refractivity contribution is 5.95. The van der Waals surface area contributed by atoms with Crippen molar-refractivity contribution < 1.29 is 19.1 Å². The van der Waals surface area contributed by atoms with Crippen LogP contribution in [-0.4, -0.2) is 31.7 Å². The van der Waals surface area contributed by atoms with E-state index in [1.807, 2.05) is 31.2 Å². The summed E-state index contributed by atoms with van der Waals surface area (Å²) in [6.07, 6.45) is 1.51. The van der Waals surface area contributed by atoms with Gasteiger partial charge in [-0.15, -0.1) is 0 Å². The van der Waals surface area contributed by atoms with Gasteiger partial charge in [0.15, 0.2) is 6.61 Å². The Balaban J connectivity index is 1.52. The monoisotopic (exact) mass is 417 g/mol. The number of nitrogens with one attached hydrogen (secondary N) is 2. The third-order valence-corrected chi connectivity index (χ3v) is 4.30. The normalized spacial score (nSPS) is 10.5. The molecule has 0 spiro atoms. The Morgan fingerprint density at radius 2 is 1.77 bits per heavy atom. The Morgan fingerprint density at radius 1 is 1.00 bits per heavy atom. The van der Waals surface area contributed by atoms with E-state index in [1.165, 1.54) is 13.3 Å². The number of carbonyl (C=O) groups is 2. The van der Waals surface area contributed by atoms with Crippen LogP contribution < -0.4 is 20.2 Å². The highest BCUT2D eigenvalue weighted by atomic mass is 16.5. The molecule has 0 bridgehead atoms. The van der Waals surface area contributed by atoms with Gasteiger partial charge in [0.1, 0.15) is 11.5 Å². The van der Waals surface area contributed by atoms with Gasteiger partial charge in [0.2, 0.25) is 0 Å². The average molecular weight is 417 g/mol. The second-order valence-electron chi connectivity index (χ2n) is 6.67. The third kappa shape index (κ3) is 6.43. The Morgan fingerprint density at radius 3 is 2.55 bits per heavy atom. The lowest BCUT2D eigenvalue weighted by atomic mass is 10.1. The number of methoxy groups -OCH3 is 1. The number of anilines is 1. The number of hydrogen-bond donors (Lipinski definition) is 2. The molecule has 0 aliphatic heterocycles. The summed E-state index contributed by atoms with van der Waals surface area (Å²) in [6, 6.07) is 21.4. The summed E-state index contributed by atoms with van der Waals surface area (Å²) >= 11 is 0. The van der Waals surface area contributed by atoms with Gasteiger partial charge >= 0.3 is 0 Å². The molecule has 0 saturated heterocycles. The minimum Gasteiger partial charge on any atom is -0.495 e. The van der Waals surface area contributed by atoms with Crippen LogP contribution in [0, 0.1) is 6.92 Å². The average Bonchev–Trinajstić information content (AvgIpc) is 2.79. The number of para-hydroxylation sites is 2. The molecule has 2 N–H and O–H groups in total. The standard InChI is InChI=1S/C24H23N3O4/c1-17-10-12-19(13-11-17)24(29)27-25-15-18-6-5-7-20(14-18)31-16-23(28)26-21-8-3-4-9-22(21)30-2/h3-15H,16H2,1-2H3,(H,26,28)(H,27,29)/b25-15+. The summed E-state index contributed by atoms with van der Waals surface area (Å²) in [6.45, 7) is 1.79. The van der Waals surface area contributed by atoms with E-state index >= 15 is 0 Å². The van der Waals surface area contributed by atoms with Crippen molar-refractivity contribution >= 4 is 23.7 Å². The van der Waals surface area contributed by atoms with Gasteiger partial charge in [-0.2, -0.15) is 5.10 Å². The number of hydrogen-bond acceptors (Lipinski definition) is 5. The van der Waals surface area contributed by atoms with Crippen molar-refractivity contribution in [2.45, 2.75) is 6.92 Å². The molecular weight excluding hydrogens is 394 g/mol. The van der Waals surface area contributed by atoms with Crippen LogP contribution in [0.5, 0.6) is 11.5 Å². The molecule has 3 rings (SSSR count). The fraction of sp³-hybridized carbons (Fsp3) is 0.125. The molecule has 7 nitrogen and oxygen atoms in total. The van der Waals surface area contributed by atoms with Gasteiger partial charge in [0, 0.05) is 5.56 Å². The van der Waals surface area contributed by atoms with Gasteiger partial charge < -0.3 is 14.8 Å². The maximum absolute atomic E-state index is 12.2. The summed E-state index contributed by atoms with van der Waals surface area (Å²) < 4.78 is 10.8. The van der Waals surface area contributed by atoms with Crippen LogP contribution in [0.2, 0.25) is 0 Å². The van der Waals surface area contributed by atoms with Gasteiger partial charge in [0.25, 0.3) is 11.8 Å². The molecule has 0 atom stereocenters. The number of ether oxygens (including phenoxy) is 2. The number of rotatable bonds is 8. The first-order valence-corrected chi connectivity index (χ1v) is 9.61. The zero-order valence-corrected chi connectivity index (χ0v) is 17.3. The Kier molecular flexibility index (Phi) is 7.37. The number of amides is 2. The van der Waals surface area contributed by atoms with Crippen LogP contribution in [0.15, 0.2) is 77.9 Å². The van der Waals surface area contributed by atoms with Crippen LogP contribution in [0.25, 0.3) is 0 Å². The van der Waals surface area contributed by atoms with E-state index in [4.69, 9.17) is 9.47 Å². The van der Waals surface area contributed by atoms with Crippen molar-refractivity contribution in [1.82, 2.24) is 5.43 Å². The molecule has 31 heavy (non-hydrogen) atoms. The van der Waals surface area contributed by atoms with E-state index in [0.717, 1.165) is 5.56 Å².